The third kappa shape index (κ3) is 4.63. The number of benzene rings is 2. The predicted molar refractivity (Wildman–Crippen MR) is 123 cm³/mol. The van der Waals surface area contributed by atoms with Crippen molar-refractivity contribution >= 4 is 18.0 Å². The Hall–Kier alpha value is -3.39. The molecule has 2 unspecified atom stereocenters. The van der Waals surface area contributed by atoms with Crippen molar-refractivity contribution in [2.75, 3.05) is 19.7 Å². The number of carbonyl (C=O) groups is 3. The van der Waals surface area contributed by atoms with Crippen molar-refractivity contribution in [1.29, 1.82) is 0 Å². The molecule has 3 aliphatic rings. The molecule has 2 aliphatic carbocycles. The molecular weight excluding hydrogens is 436 g/mol. The number of hydrogen-bond acceptors (Lipinski definition) is 5. The molecule has 34 heavy (non-hydrogen) atoms. The first kappa shape index (κ1) is 22.4. The van der Waals surface area contributed by atoms with Crippen LogP contribution in [0, 0.1) is 11.8 Å². The average Bonchev–Trinajstić information content (AvgIpc) is 3.34. The summed E-state index contributed by atoms with van der Waals surface area (Å²) in [5.41, 5.74) is 4.69. The van der Waals surface area contributed by atoms with Crippen molar-refractivity contribution in [1.82, 2.24) is 10.6 Å². The molecule has 2 amide bonds. The van der Waals surface area contributed by atoms with E-state index < -0.39 is 18.2 Å². The summed E-state index contributed by atoms with van der Waals surface area (Å²) in [5.74, 6) is -1.10. The van der Waals surface area contributed by atoms with Crippen LogP contribution >= 0.6 is 0 Å². The topological polar surface area (TPSA) is 114 Å². The molecule has 2 aromatic rings. The molecule has 178 valence electrons. The van der Waals surface area contributed by atoms with Crippen LogP contribution in [-0.4, -0.2) is 55.0 Å². The van der Waals surface area contributed by atoms with Crippen LogP contribution in [0.1, 0.15) is 36.3 Å². The highest BCUT2D eigenvalue weighted by atomic mass is 16.5. The van der Waals surface area contributed by atoms with Gasteiger partial charge in [-0.1, -0.05) is 48.5 Å². The highest BCUT2D eigenvalue weighted by molar-refractivity contribution is 5.82. The van der Waals surface area contributed by atoms with Gasteiger partial charge in [0.1, 0.15) is 6.61 Å². The number of ether oxygens (including phenoxy) is 2. The normalized spacial score (nSPS) is 24.7. The zero-order chi connectivity index (χ0) is 23.7. The lowest BCUT2D eigenvalue weighted by atomic mass is 9.98. The summed E-state index contributed by atoms with van der Waals surface area (Å²) in [6, 6.07) is 16.4. The monoisotopic (exact) mass is 464 g/mol. The number of fused-ring (bicyclic) bond motifs is 3. The molecule has 1 saturated carbocycles. The Kier molecular flexibility index (Phi) is 6.24. The number of amides is 2. The summed E-state index contributed by atoms with van der Waals surface area (Å²) in [4.78, 5) is 35.6. The smallest absolute Gasteiger partial charge is 0.407 e. The van der Waals surface area contributed by atoms with Gasteiger partial charge in [0, 0.05) is 24.9 Å². The van der Waals surface area contributed by atoms with Crippen LogP contribution in [0.25, 0.3) is 11.1 Å². The second kappa shape index (κ2) is 9.46. The van der Waals surface area contributed by atoms with Crippen molar-refractivity contribution in [3.8, 4) is 11.1 Å². The van der Waals surface area contributed by atoms with Gasteiger partial charge in [-0.05, 0) is 47.4 Å². The SMILES string of the molecule is O=C(NC[C@@H]1C[C@@H]1C(=O)NCC1CCC(C(=O)O)O1)OCC1c2ccccc2-c2ccccc21. The lowest BCUT2D eigenvalue weighted by Crippen LogP contribution is -2.35. The molecule has 1 aliphatic heterocycles. The van der Waals surface area contributed by atoms with E-state index in [9.17, 15) is 14.4 Å². The molecule has 4 atom stereocenters. The van der Waals surface area contributed by atoms with Gasteiger partial charge in [-0.25, -0.2) is 9.59 Å². The largest absolute Gasteiger partial charge is 0.479 e. The van der Waals surface area contributed by atoms with E-state index in [1.165, 1.54) is 11.1 Å². The van der Waals surface area contributed by atoms with E-state index in [0.717, 1.165) is 11.1 Å². The zero-order valence-electron chi connectivity index (χ0n) is 18.7. The van der Waals surface area contributed by atoms with E-state index >= 15 is 0 Å². The molecule has 2 fully saturated rings. The van der Waals surface area contributed by atoms with Gasteiger partial charge in [0.05, 0.1) is 6.10 Å². The number of alkyl carbamates (subject to hydrolysis) is 1. The number of carboxylic acids is 1. The lowest BCUT2D eigenvalue weighted by molar-refractivity contribution is -0.149. The fraction of sp³-hybridized carbons (Fsp3) is 0.423. The van der Waals surface area contributed by atoms with Crippen LogP contribution < -0.4 is 10.6 Å². The van der Waals surface area contributed by atoms with Gasteiger partial charge in [0.15, 0.2) is 6.10 Å². The number of rotatable bonds is 8. The van der Waals surface area contributed by atoms with Gasteiger partial charge in [-0.2, -0.15) is 0 Å². The Bertz CT molecular complexity index is 1060. The molecule has 1 heterocycles. The van der Waals surface area contributed by atoms with Gasteiger partial charge in [0.25, 0.3) is 0 Å². The Morgan fingerprint density at radius 2 is 1.62 bits per heavy atom. The Morgan fingerprint density at radius 3 is 2.26 bits per heavy atom. The van der Waals surface area contributed by atoms with E-state index in [1.807, 2.05) is 24.3 Å². The van der Waals surface area contributed by atoms with Crippen molar-refractivity contribution in [2.45, 2.75) is 37.4 Å². The number of carbonyl (C=O) groups excluding carboxylic acids is 2. The molecule has 1 saturated heterocycles. The number of nitrogens with one attached hydrogen (secondary N) is 2. The molecule has 0 bridgehead atoms. The maximum Gasteiger partial charge on any atom is 0.407 e. The highest BCUT2D eigenvalue weighted by Gasteiger charge is 2.43. The van der Waals surface area contributed by atoms with E-state index in [1.54, 1.807) is 0 Å². The summed E-state index contributed by atoms with van der Waals surface area (Å²) < 4.78 is 10.9. The van der Waals surface area contributed by atoms with Crippen molar-refractivity contribution < 1.29 is 29.0 Å². The minimum atomic E-state index is -0.963. The van der Waals surface area contributed by atoms with E-state index in [-0.39, 0.29) is 36.4 Å². The van der Waals surface area contributed by atoms with Crippen LogP contribution in [0.2, 0.25) is 0 Å². The van der Waals surface area contributed by atoms with Crippen LogP contribution in [0.5, 0.6) is 0 Å². The molecule has 0 aromatic heterocycles. The molecule has 8 heteroatoms. The quantitative estimate of drug-likeness (QED) is 0.554. The molecule has 5 rings (SSSR count). The first-order valence-corrected chi connectivity index (χ1v) is 11.8. The van der Waals surface area contributed by atoms with Gasteiger partial charge in [-0.3, -0.25) is 4.79 Å². The Morgan fingerprint density at radius 1 is 0.941 bits per heavy atom. The van der Waals surface area contributed by atoms with E-state index in [2.05, 4.69) is 34.9 Å². The average molecular weight is 465 g/mol. The molecule has 3 N–H and O–H groups in total. The first-order chi connectivity index (χ1) is 16.5. The second-order valence-electron chi connectivity index (χ2n) is 9.22. The Balaban J connectivity index is 1.04. The third-order valence-corrected chi connectivity index (χ3v) is 7.00. The summed E-state index contributed by atoms with van der Waals surface area (Å²) in [6.45, 7) is 0.953. The Labute approximate surface area is 197 Å². The standard InChI is InChI=1S/C26H28N2O6/c29-24(27-13-16-9-10-23(34-16)25(30)31)21-11-15(21)12-28-26(32)33-14-22-19-7-3-1-5-17(19)18-6-2-4-8-20(18)22/h1-8,15-16,21-23H,9-14H2,(H,27,29)(H,28,32)(H,30,31)/t15-,16?,21-,23?/m0/s1. The predicted octanol–water partition coefficient (Wildman–Crippen LogP) is 2.91. The first-order valence-electron chi connectivity index (χ1n) is 11.8. The zero-order valence-corrected chi connectivity index (χ0v) is 18.7. The van der Waals surface area contributed by atoms with Gasteiger partial charge in [0.2, 0.25) is 5.91 Å². The van der Waals surface area contributed by atoms with Crippen molar-refractivity contribution in [2.24, 2.45) is 11.8 Å². The summed E-state index contributed by atoms with van der Waals surface area (Å²) in [5, 5.41) is 14.6. The van der Waals surface area contributed by atoms with Crippen LogP contribution in [0.3, 0.4) is 0 Å². The van der Waals surface area contributed by atoms with Crippen LogP contribution in [-0.2, 0) is 19.1 Å². The second-order valence-corrected chi connectivity index (χ2v) is 9.22. The third-order valence-electron chi connectivity index (χ3n) is 7.00. The molecule has 2 aromatic carbocycles. The summed E-state index contributed by atoms with van der Waals surface area (Å²) in [7, 11) is 0. The number of aliphatic carboxylic acids is 1. The van der Waals surface area contributed by atoms with Gasteiger partial charge >= 0.3 is 12.1 Å². The minimum absolute atomic E-state index is 0.0103. The summed E-state index contributed by atoms with van der Waals surface area (Å²) in [6.07, 6.45) is 0.268. The molecule has 8 nitrogen and oxygen atoms in total. The van der Waals surface area contributed by atoms with Crippen molar-refractivity contribution in [3.05, 3.63) is 59.7 Å². The molecule has 0 spiro atoms. The number of carboxylic acid groups (broad SMARTS) is 1. The van der Waals surface area contributed by atoms with Crippen molar-refractivity contribution in [3.63, 3.8) is 0 Å². The minimum Gasteiger partial charge on any atom is -0.479 e. The van der Waals surface area contributed by atoms with E-state index in [0.29, 0.717) is 32.4 Å². The highest BCUT2D eigenvalue weighted by Crippen LogP contribution is 2.44. The fourth-order valence-electron chi connectivity index (χ4n) is 5.04. The fourth-order valence-corrected chi connectivity index (χ4v) is 5.04. The summed E-state index contributed by atoms with van der Waals surface area (Å²) >= 11 is 0. The van der Waals surface area contributed by atoms with Gasteiger partial charge < -0.3 is 25.2 Å². The van der Waals surface area contributed by atoms with Gasteiger partial charge in [-0.15, -0.1) is 0 Å². The lowest BCUT2D eigenvalue weighted by Gasteiger charge is -2.14. The van der Waals surface area contributed by atoms with E-state index in [4.69, 9.17) is 14.6 Å². The van der Waals surface area contributed by atoms with Crippen LogP contribution in [0.4, 0.5) is 4.79 Å². The maximum atomic E-state index is 12.3. The maximum absolute atomic E-state index is 12.3. The van der Waals surface area contributed by atoms with Crippen LogP contribution in [0.15, 0.2) is 48.5 Å². The molecular formula is C26H28N2O6. The number of hydrogen-bond donors (Lipinski definition) is 3. The molecule has 0 radical (unpaired) electrons.